The molecule has 0 saturated carbocycles. The fraction of sp³-hybridized carbons (Fsp3) is 0.378. The number of rotatable bonds is 11. The second-order valence-electron chi connectivity index (χ2n) is 14.9. The van der Waals surface area contributed by atoms with E-state index in [-0.39, 0.29) is 10.8 Å². The third-order valence-corrected chi connectivity index (χ3v) is 11.0. The summed E-state index contributed by atoms with van der Waals surface area (Å²) in [4.78, 5) is 0. The Kier molecular flexibility index (Phi) is 7.97. The quantitative estimate of drug-likeness (QED) is 0.104. The molecular weight excluding hydrogens is 540 g/mol. The largest absolute Gasteiger partial charge is 0.0654 e. The molecule has 1 aliphatic rings. The normalized spacial score (nSPS) is 14.1. The number of benzene rings is 6. The van der Waals surface area contributed by atoms with Gasteiger partial charge in [-0.15, -0.1) is 0 Å². The first-order valence-corrected chi connectivity index (χ1v) is 17.8. The second-order valence-corrected chi connectivity index (χ2v) is 14.9. The molecule has 0 atom stereocenters. The summed E-state index contributed by atoms with van der Waals surface area (Å²) in [6.07, 6.45) is 13.0. The molecule has 0 heteroatoms. The van der Waals surface area contributed by atoms with Gasteiger partial charge in [0.05, 0.1) is 0 Å². The Balaban J connectivity index is 1.42. The summed E-state index contributed by atoms with van der Waals surface area (Å²) in [7, 11) is 0. The van der Waals surface area contributed by atoms with E-state index in [0.717, 1.165) is 0 Å². The summed E-state index contributed by atoms with van der Waals surface area (Å²) < 4.78 is 0. The van der Waals surface area contributed by atoms with Gasteiger partial charge < -0.3 is 0 Å². The maximum Gasteiger partial charge on any atom is 0.0215 e. The van der Waals surface area contributed by atoms with Crippen LogP contribution in [0.3, 0.4) is 0 Å². The fourth-order valence-electron chi connectivity index (χ4n) is 8.49. The smallest absolute Gasteiger partial charge is 0.0215 e. The summed E-state index contributed by atoms with van der Waals surface area (Å²) in [5, 5.41) is 8.19. The summed E-state index contributed by atoms with van der Waals surface area (Å²) >= 11 is 0. The SMILES string of the molecule is CCCCCCC1(CCCCCC)c2cc(-c3ccc4ccc5cccc6ccc3c4c56)ccc2-c2ccc(C(C)(C)C)cc21. The molecular formula is C45H50. The summed E-state index contributed by atoms with van der Waals surface area (Å²) in [5.74, 6) is 0. The molecule has 6 aromatic carbocycles. The highest BCUT2D eigenvalue weighted by molar-refractivity contribution is 6.25. The third kappa shape index (κ3) is 5.15. The van der Waals surface area contributed by atoms with Crippen molar-refractivity contribution in [2.24, 2.45) is 0 Å². The van der Waals surface area contributed by atoms with E-state index in [1.165, 1.54) is 124 Å². The van der Waals surface area contributed by atoms with E-state index >= 15 is 0 Å². The zero-order valence-corrected chi connectivity index (χ0v) is 28.2. The van der Waals surface area contributed by atoms with Crippen molar-refractivity contribution >= 4 is 32.3 Å². The summed E-state index contributed by atoms with van der Waals surface area (Å²) in [6, 6.07) is 35.7. The summed E-state index contributed by atoms with van der Waals surface area (Å²) in [5.41, 5.74) is 10.5. The number of hydrogen-bond donors (Lipinski definition) is 0. The van der Waals surface area contributed by atoms with Crippen LogP contribution >= 0.6 is 0 Å². The third-order valence-electron chi connectivity index (χ3n) is 11.0. The highest BCUT2D eigenvalue weighted by Gasteiger charge is 2.43. The molecule has 0 saturated heterocycles. The van der Waals surface area contributed by atoms with Crippen LogP contribution in [0.2, 0.25) is 0 Å². The van der Waals surface area contributed by atoms with Crippen LogP contribution in [-0.4, -0.2) is 0 Å². The molecule has 0 aromatic heterocycles. The zero-order chi connectivity index (χ0) is 31.2. The fourth-order valence-corrected chi connectivity index (χ4v) is 8.49. The van der Waals surface area contributed by atoms with Gasteiger partial charge in [-0.1, -0.05) is 171 Å². The Labute approximate surface area is 271 Å². The van der Waals surface area contributed by atoms with E-state index < -0.39 is 0 Å². The van der Waals surface area contributed by atoms with Crippen molar-refractivity contribution in [1.29, 1.82) is 0 Å². The molecule has 0 spiro atoms. The van der Waals surface area contributed by atoms with E-state index in [1.807, 2.05) is 0 Å². The number of unbranched alkanes of at least 4 members (excludes halogenated alkanes) is 6. The topological polar surface area (TPSA) is 0 Å². The molecule has 0 aliphatic heterocycles. The lowest BCUT2D eigenvalue weighted by Crippen LogP contribution is -2.26. The number of hydrogen-bond acceptors (Lipinski definition) is 0. The average Bonchev–Trinajstić information content (AvgIpc) is 3.32. The molecule has 230 valence electrons. The predicted octanol–water partition coefficient (Wildman–Crippen LogP) is 13.8. The Morgan fingerprint density at radius 1 is 0.511 bits per heavy atom. The molecule has 1 aliphatic carbocycles. The van der Waals surface area contributed by atoms with Crippen LogP contribution in [0.25, 0.3) is 54.6 Å². The van der Waals surface area contributed by atoms with Crippen molar-refractivity contribution in [2.45, 2.75) is 110 Å². The van der Waals surface area contributed by atoms with Gasteiger partial charge in [-0.3, -0.25) is 0 Å². The van der Waals surface area contributed by atoms with Crippen LogP contribution in [0.1, 0.15) is 116 Å². The van der Waals surface area contributed by atoms with Gasteiger partial charge in [0.25, 0.3) is 0 Å². The minimum absolute atomic E-state index is 0.0766. The molecule has 0 bridgehead atoms. The number of fused-ring (bicyclic) bond motifs is 3. The standard InChI is InChI=1S/C45H50/c1-6-8-10-12-27-45(28-13-11-9-7-2)40-29-34(21-24-37(40)38-26-22-35(30-41(38)45)44(3,4)5)36-23-19-33-18-17-31-15-14-16-32-20-25-39(36)43(33)42(31)32/h14-26,29-30H,6-13,27-28H2,1-5H3. The first kappa shape index (κ1) is 30.0. The van der Waals surface area contributed by atoms with E-state index in [9.17, 15) is 0 Å². The Hall–Kier alpha value is -3.64. The van der Waals surface area contributed by atoms with Crippen molar-refractivity contribution in [1.82, 2.24) is 0 Å². The molecule has 0 unspecified atom stereocenters. The van der Waals surface area contributed by atoms with Crippen molar-refractivity contribution < 1.29 is 0 Å². The van der Waals surface area contributed by atoms with Crippen LogP contribution in [-0.2, 0) is 10.8 Å². The first-order chi connectivity index (χ1) is 21.9. The van der Waals surface area contributed by atoms with Gasteiger partial charge in [0.2, 0.25) is 0 Å². The van der Waals surface area contributed by atoms with Gasteiger partial charge >= 0.3 is 0 Å². The highest BCUT2D eigenvalue weighted by Crippen LogP contribution is 2.56. The maximum atomic E-state index is 2.62. The van der Waals surface area contributed by atoms with Crippen molar-refractivity contribution in [3.63, 3.8) is 0 Å². The minimum atomic E-state index is 0.0766. The van der Waals surface area contributed by atoms with Crippen molar-refractivity contribution in [3.8, 4) is 22.3 Å². The lowest BCUT2D eigenvalue weighted by atomic mass is 9.69. The monoisotopic (exact) mass is 590 g/mol. The van der Waals surface area contributed by atoms with Gasteiger partial charge in [0.15, 0.2) is 0 Å². The van der Waals surface area contributed by atoms with Gasteiger partial charge in [0, 0.05) is 5.41 Å². The Morgan fingerprint density at radius 3 is 1.71 bits per heavy atom. The van der Waals surface area contributed by atoms with Crippen LogP contribution in [0.4, 0.5) is 0 Å². The minimum Gasteiger partial charge on any atom is -0.0654 e. The van der Waals surface area contributed by atoms with Gasteiger partial charge in [-0.05, 0) is 95.6 Å². The average molecular weight is 591 g/mol. The Bertz CT molecular complexity index is 1940. The van der Waals surface area contributed by atoms with Crippen molar-refractivity contribution in [2.75, 3.05) is 0 Å². The molecule has 6 aromatic rings. The molecule has 7 rings (SSSR count). The molecule has 0 heterocycles. The maximum absolute atomic E-state index is 2.62. The van der Waals surface area contributed by atoms with Crippen LogP contribution in [0, 0.1) is 0 Å². The van der Waals surface area contributed by atoms with E-state index in [0.29, 0.717) is 0 Å². The molecule has 0 N–H and O–H groups in total. The van der Waals surface area contributed by atoms with Gasteiger partial charge in [0.1, 0.15) is 0 Å². The van der Waals surface area contributed by atoms with E-state index in [2.05, 4.69) is 126 Å². The lowest BCUT2D eigenvalue weighted by Gasteiger charge is -2.34. The molecule has 0 nitrogen and oxygen atoms in total. The predicted molar refractivity (Wildman–Crippen MR) is 198 cm³/mol. The molecule has 0 amide bonds. The van der Waals surface area contributed by atoms with Gasteiger partial charge in [-0.25, -0.2) is 0 Å². The zero-order valence-electron chi connectivity index (χ0n) is 28.2. The lowest BCUT2D eigenvalue weighted by molar-refractivity contribution is 0.400. The Morgan fingerprint density at radius 2 is 1.07 bits per heavy atom. The molecule has 45 heavy (non-hydrogen) atoms. The molecule has 0 fully saturated rings. The van der Waals surface area contributed by atoms with E-state index in [4.69, 9.17) is 0 Å². The van der Waals surface area contributed by atoms with Crippen molar-refractivity contribution in [3.05, 3.63) is 108 Å². The first-order valence-electron chi connectivity index (χ1n) is 17.8. The molecule has 0 radical (unpaired) electrons. The van der Waals surface area contributed by atoms with E-state index in [1.54, 1.807) is 11.1 Å². The summed E-state index contributed by atoms with van der Waals surface area (Å²) in [6.45, 7) is 11.8. The highest BCUT2D eigenvalue weighted by atomic mass is 14.5. The van der Waals surface area contributed by atoms with Crippen LogP contribution in [0.5, 0.6) is 0 Å². The van der Waals surface area contributed by atoms with Crippen LogP contribution in [0.15, 0.2) is 91.0 Å². The van der Waals surface area contributed by atoms with Crippen LogP contribution < -0.4 is 0 Å². The van der Waals surface area contributed by atoms with Gasteiger partial charge in [-0.2, -0.15) is 0 Å². The second kappa shape index (κ2) is 11.9.